The van der Waals surface area contributed by atoms with Crippen LogP contribution in [0.25, 0.3) is 0 Å². The molecule has 1 aromatic rings. The summed E-state index contributed by atoms with van der Waals surface area (Å²) in [6, 6.07) is 6.89. The first-order chi connectivity index (χ1) is 10.9. The Hall–Kier alpha value is -1.44. The van der Waals surface area contributed by atoms with E-state index in [0.717, 1.165) is 18.5 Å². The molecule has 1 heterocycles. The monoisotopic (exact) mass is 339 g/mol. The molecule has 7 heteroatoms. The second-order valence-electron chi connectivity index (χ2n) is 6.08. The maximum atomic E-state index is 12.3. The lowest BCUT2D eigenvalue weighted by atomic mass is 10.1. The average molecular weight is 339 g/mol. The van der Waals surface area contributed by atoms with Gasteiger partial charge < -0.3 is 10.6 Å². The molecule has 3 N–H and O–H groups in total. The van der Waals surface area contributed by atoms with Crippen LogP contribution >= 0.6 is 0 Å². The Morgan fingerprint density at radius 2 is 2.00 bits per heavy atom. The molecule has 1 saturated heterocycles. The van der Waals surface area contributed by atoms with Gasteiger partial charge in [-0.1, -0.05) is 12.1 Å². The Labute approximate surface area is 138 Å². The highest BCUT2D eigenvalue weighted by molar-refractivity contribution is 7.89. The molecule has 0 radical (unpaired) electrons. The van der Waals surface area contributed by atoms with E-state index in [1.807, 2.05) is 4.90 Å². The first kappa shape index (κ1) is 17.9. The molecule has 1 aliphatic rings. The predicted octanol–water partition coefficient (Wildman–Crippen LogP) is 0.723. The van der Waals surface area contributed by atoms with E-state index in [1.54, 1.807) is 24.3 Å². The molecule has 1 aliphatic heterocycles. The van der Waals surface area contributed by atoms with Crippen LogP contribution in [-0.4, -0.2) is 45.4 Å². The molecule has 2 unspecified atom stereocenters. The number of sulfonamides is 1. The van der Waals surface area contributed by atoms with Crippen LogP contribution in [0.1, 0.15) is 25.3 Å². The van der Waals surface area contributed by atoms with Gasteiger partial charge in [-0.15, -0.1) is 0 Å². The van der Waals surface area contributed by atoms with Crippen molar-refractivity contribution in [1.29, 1.82) is 0 Å². The SMILES string of the molecule is CNS(=O)(=O)c1ccc(CCC(=O)N2CC(CN)CC2C)cc1. The van der Waals surface area contributed by atoms with E-state index in [1.165, 1.54) is 7.05 Å². The summed E-state index contributed by atoms with van der Waals surface area (Å²) in [6.07, 6.45) is 2.01. The van der Waals surface area contributed by atoms with E-state index >= 15 is 0 Å². The number of hydrogen-bond donors (Lipinski definition) is 2. The number of carbonyl (C=O) groups excluding carboxylic acids is 1. The van der Waals surface area contributed by atoms with Gasteiger partial charge in [0.25, 0.3) is 0 Å². The van der Waals surface area contributed by atoms with Crippen molar-refractivity contribution < 1.29 is 13.2 Å². The molecule has 0 aliphatic carbocycles. The molecule has 2 atom stereocenters. The van der Waals surface area contributed by atoms with Gasteiger partial charge in [-0.2, -0.15) is 0 Å². The molecule has 0 saturated carbocycles. The standard InChI is InChI=1S/C16H25N3O3S/c1-12-9-14(10-17)11-19(12)16(20)8-5-13-3-6-15(7-4-13)23(21,22)18-2/h3-4,6-7,12,14,18H,5,8-11,17H2,1-2H3. The average Bonchev–Trinajstić information content (AvgIpc) is 2.94. The van der Waals surface area contributed by atoms with Gasteiger partial charge in [0.15, 0.2) is 0 Å². The third kappa shape index (κ3) is 4.31. The van der Waals surface area contributed by atoms with Crippen LogP contribution in [0.3, 0.4) is 0 Å². The number of rotatable bonds is 6. The van der Waals surface area contributed by atoms with Crippen LogP contribution in [0.15, 0.2) is 29.2 Å². The number of nitrogens with one attached hydrogen (secondary N) is 1. The van der Waals surface area contributed by atoms with Crippen LogP contribution in [0.4, 0.5) is 0 Å². The largest absolute Gasteiger partial charge is 0.340 e. The highest BCUT2D eigenvalue weighted by Gasteiger charge is 2.31. The minimum absolute atomic E-state index is 0.139. The molecule has 1 fully saturated rings. The lowest BCUT2D eigenvalue weighted by Crippen LogP contribution is -2.34. The van der Waals surface area contributed by atoms with E-state index in [9.17, 15) is 13.2 Å². The number of likely N-dealkylation sites (tertiary alicyclic amines) is 1. The molecule has 6 nitrogen and oxygen atoms in total. The Morgan fingerprint density at radius 3 is 2.52 bits per heavy atom. The number of amides is 1. The van der Waals surface area contributed by atoms with Crippen molar-refractivity contribution in [2.45, 2.75) is 37.1 Å². The molecule has 0 aromatic heterocycles. The fourth-order valence-corrected chi connectivity index (χ4v) is 3.74. The van der Waals surface area contributed by atoms with Crippen LogP contribution in [-0.2, 0) is 21.2 Å². The lowest BCUT2D eigenvalue weighted by molar-refractivity contribution is -0.131. The summed E-state index contributed by atoms with van der Waals surface area (Å²) in [6.45, 7) is 3.43. The van der Waals surface area contributed by atoms with Crippen LogP contribution in [0.2, 0.25) is 0 Å². The molecule has 1 amide bonds. The topological polar surface area (TPSA) is 92.5 Å². The van der Waals surface area contributed by atoms with Gasteiger partial charge in [0.2, 0.25) is 15.9 Å². The number of carbonyl (C=O) groups is 1. The highest BCUT2D eigenvalue weighted by atomic mass is 32.2. The summed E-state index contributed by atoms with van der Waals surface area (Å²) in [5.41, 5.74) is 6.65. The maximum Gasteiger partial charge on any atom is 0.240 e. The summed E-state index contributed by atoms with van der Waals surface area (Å²) >= 11 is 0. The van der Waals surface area contributed by atoms with Gasteiger partial charge in [0.05, 0.1) is 4.90 Å². The van der Waals surface area contributed by atoms with E-state index in [2.05, 4.69) is 11.6 Å². The van der Waals surface area contributed by atoms with Gasteiger partial charge in [0, 0.05) is 19.0 Å². The number of benzene rings is 1. The van der Waals surface area contributed by atoms with Crippen LogP contribution in [0.5, 0.6) is 0 Å². The minimum Gasteiger partial charge on any atom is -0.340 e. The van der Waals surface area contributed by atoms with Crippen molar-refractivity contribution in [1.82, 2.24) is 9.62 Å². The first-order valence-corrected chi connectivity index (χ1v) is 9.37. The van der Waals surface area contributed by atoms with Gasteiger partial charge in [-0.25, -0.2) is 13.1 Å². The number of nitrogens with two attached hydrogens (primary N) is 1. The zero-order chi connectivity index (χ0) is 17.0. The molecule has 0 spiro atoms. The Kier molecular flexibility index (Phi) is 5.78. The summed E-state index contributed by atoms with van der Waals surface area (Å²) in [5.74, 6) is 0.542. The minimum atomic E-state index is -3.41. The van der Waals surface area contributed by atoms with Crippen molar-refractivity contribution in [2.75, 3.05) is 20.1 Å². The highest BCUT2D eigenvalue weighted by Crippen LogP contribution is 2.23. The van der Waals surface area contributed by atoms with Crippen molar-refractivity contribution in [2.24, 2.45) is 11.7 Å². The van der Waals surface area contributed by atoms with Gasteiger partial charge in [0.1, 0.15) is 0 Å². The number of aryl methyl sites for hydroxylation is 1. The third-order valence-electron chi connectivity index (χ3n) is 4.45. The van der Waals surface area contributed by atoms with Crippen LogP contribution in [0, 0.1) is 5.92 Å². The van der Waals surface area contributed by atoms with E-state index in [-0.39, 0.29) is 16.8 Å². The van der Waals surface area contributed by atoms with Gasteiger partial charge in [-0.05, 0) is 57.0 Å². The molecular formula is C16H25N3O3S. The molecule has 23 heavy (non-hydrogen) atoms. The lowest BCUT2D eigenvalue weighted by Gasteiger charge is -2.21. The third-order valence-corrected chi connectivity index (χ3v) is 5.88. The maximum absolute atomic E-state index is 12.3. The summed E-state index contributed by atoms with van der Waals surface area (Å²) in [4.78, 5) is 14.5. The molecule has 0 bridgehead atoms. The van der Waals surface area contributed by atoms with E-state index < -0.39 is 10.0 Å². The summed E-state index contributed by atoms with van der Waals surface area (Å²) < 4.78 is 25.6. The molecule has 1 aromatic carbocycles. The predicted molar refractivity (Wildman–Crippen MR) is 89.3 cm³/mol. The summed E-state index contributed by atoms with van der Waals surface area (Å²) in [7, 11) is -2.03. The fourth-order valence-electron chi connectivity index (χ4n) is 3.01. The second kappa shape index (κ2) is 7.42. The molecule has 2 rings (SSSR count). The Balaban J connectivity index is 1.92. The Morgan fingerprint density at radius 1 is 1.35 bits per heavy atom. The normalized spacial score (nSPS) is 21.6. The zero-order valence-corrected chi connectivity index (χ0v) is 14.5. The summed E-state index contributed by atoms with van der Waals surface area (Å²) in [5, 5.41) is 0. The number of nitrogens with zero attached hydrogens (tertiary/aromatic N) is 1. The van der Waals surface area contributed by atoms with Crippen molar-refractivity contribution >= 4 is 15.9 Å². The van der Waals surface area contributed by atoms with Crippen LogP contribution < -0.4 is 10.5 Å². The van der Waals surface area contributed by atoms with Gasteiger partial charge in [-0.3, -0.25) is 4.79 Å². The van der Waals surface area contributed by atoms with E-state index in [0.29, 0.717) is 25.3 Å². The fraction of sp³-hybridized carbons (Fsp3) is 0.562. The van der Waals surface area contributed by atoms with Crippen molar-refractivity contribution in [3.63, 3.8) is 0 Å². The van der Waals surface area contributed by atoms with Crippen molar-refractivity contribution in [3.8, 4) is 0 Å². The molecule has 128 valence electrons. The van der Waals surface area contributed by atoms with E-state index in [4.69, 9.17) is 5.73 Å². The first-order valence-electron chi connectivity index (χ1n) is 7.89. The molecular weight excluding hydrogens is 314 g/mol. The van der Waals surface area contributed by atoms with Gasteiger partial charge >= 0.3 is 0 Å². The number of hydrogen-bond acceptors (Lipinski definition) is 4. The Bertz CT molecular complexity index is 643. The quantitative estimate of drug-likeness (QED) is 0.799. The van der Waals surface area contributed by atoms with Crippen molar-refractivity contribution in [3.05, 3.63) is 29.8 Å². The second-order valence-corrected chi connectivity index (χ2v) is 7.97. The smallest absolute Gasteiger partial charge is 0.240 e. The zero-order valence-electron chi connectivity index (χ0n) is 13.7.